The number of rotatable bonds is 5. The summed E-state index contributed by atoms with van der Waals surface area (Å²) >= 11 is 0. The summed E-state index contributed by atoms with van der Waals surface area (Å²) in [6, 6.07) is 0. The van der Waals surface area contributed by atoms with Gasteiger partial charge in [0.1, 0.15) is 0 Å². The lowest BCUT2D eigenvalue weighted by Gasteiger charge is -2.34. The number of likely N-dealkylation sites (N-methyl/N-ethyl adjacent to an activating group) is 1. The average Bonchev–Trinajstić information content (AvgIpc) is 2.40. The summed E-state index contributed by atoms with van der Waals surface area (Å²) in [5, 5.41) is 0. The molecule has 0 bridgehead atoms. The molecule has 5 nitrogen and oxygen atoms in total. The highest BCUT2D eigenvalue weighted by Crippen LogP contribution is 2.05. The lowest BCUT2D eigenvalue weighted by molar-refractivity contribution is -0.133. The number of amides is 2. The van der Waals surface area contributed by atoms with Crippen molar-refractivity contribution in [3.8, 4) is 0 Å². The maximum absolute atomic E-state index is 12.0. The first-order valence-corrected chi connectivity index (χ1v) is 7.41. The molecule has 1 heterocycles. The minimum absolute atomic E-state index is 0.0831. The third kappa shape index (κ3) is 4.96. The van der Waals surface area contributed by atoms with Crippen LogP contribution in [-0.2, 0) is 9.59 Å². The minimum Gasteiger partial charge on any atom is -0.342 e. The molecule has 0 aromatic heterocycles. The number of allylic oxidation sites excluding steroid dienone is 1. The molecule has 20 heavy (non-hydrogen) atoms. The fourth-order valence-electron chi connectivity index (χ4n) is 2.33. The summed E-state index contributed by atoms with van der Waals surface area (Å²) in [7, 11) is 0. The molecule has 0 unspecified atom stereocenters. The van der Waals surface area contributed by atoms with Crippen molar-refractivity contribution >= 4 is 11.8 Å². The Morgan fingerprint density at radius 1 is 1.05 bits per heavy atom. The standard InChI is InChI=1S/C15H27N3O2/c1-5-17(6-2)15(20)12-16-7-9-18(10-8-16)14(19)11-13(3)4/h11H,5-10,12H2,1-4H3. The van der Waals surface area contributed by atoms with Crippen LogP contribution in [0.25, 0.3) is 0 Å². The molecule has 1 aliphatic rings. The monoisotopic (exact) mass is 281 g/mol. The van der Waals surface area contributed by atoms with Gasteiger partial charge in [0.05, 0.1) is 6.54 Å². The van der Waals surface area contributed by atoms with Crippen LogP contribution in [0.15, 0.2) is 11.6 Å². The van der Waals surface area contributed by atoms with Crippen LogP contribution in [0, 0.1) is 0 Å². The van der Waals surface area contributed by atoms with Gasteiger partial charge in [-0.3, -0.25) is 14.5 Å². The molecule has 0 spiro atoms. The summed E-state index contributed by atoms with van der Waals surface area (Å²) in [5.41, 5.74) is 1.02. The maximum atomic E-state index is 12.0. The zero-order chi connectivity index (χ0) is 15.1. The Bertz CT molecular complexity index is 363. The molecule has 1 fully saturated rings. The zero-order valence-electron chi connectivity index (χ0n) is 13.2. The largest absolute Gasteiger partial charge is 0.342 e. The minimum atomic E-state index is 0.0831. The van der Waals surface area contributed by atoms with Gasteiger partial charge in [-0.15, -0.1) is 0 Å². The van der Waals surface area contributed by atoms with Crippen molar-refractivity contribution in [2.75, 3.05) is 45.8 Å². The van der Waals surface area contributed by atoms with Gasteiger partial charge < -0.3 is 9.80 Å². The van der Waals surface area contributed by atoms with Gasteiger partial charge in [-0.05, 0) is 27.7 Å². The van der Waals surface area contributed by atoms with Crippen LogP contribution in [-0.4, -0.2) is 72.3 Å². The van der Waals surface area contributed by atoms with E-state index in [-0.39, 0.29) is 11.8 Å². The smallest absolute Gasteiger partial charge is 0.246 e. The van der Waals surface area contributed by atoms with E-state index in [0.29, 0.717) is 19.6 Å². The molecule has 114 valence electrons. The molecule has 0 aromatic rings. The van der Waals surface area contributed by atoms with E-state index in [1.54, 1.807) is 6.08 Å². The predicted octanol–water partition coefficient (Wildman–Crippen LogP) is 0.965. The van der Waals surface area contributed by atoms with Crippen molar-refractivity contribution in [3.63, 3.8) is 0 Å². The molecular weight excluding hydrogens is 254 g/mol. The summed E-state index contributed by atoms with van der Waals surface area (Å²) in [6.45, 7) is 12.8. The van der Waals surface area contributed by atoms with Gasteiger partial charge in [0.25, 0.3) is 0 Å². The Hall–Kier alpha value is -1.36. The van der Waals surface area contributed by atoms with Gasteiger partial charge in [0, 0.05) is 45.3 Å². The summed E-state index contributed by atoms with van der Waals surface area (Å²) in [4.78, 5) is 29.8. The number of carbonyl (C=O) groups is 2. The van der Waals surface area contributed by atoms with Crippen molar-refractivity contribution in [2.24, 2.45) is 0 Å². The van der Waals surface area contributed by atoms with E-state index in [0.717, 1.165) is 31.8 Å². The molecule has 0 radical (unpaired) electrons. The first kappa shape index (κ1) is 16.7. The van der Waals surface area contributed by atoms with Crippen molar-refractivity contribution in [1.82, 2.24) is 14.7 Å². The van der Waals surface area contributed by atoms with Gasteiger partial charge in [-0.25, -0.2) is 0 Å². The molecule has 0 N–H and O–H groups in total. The van der Waals surface area contributed by atoms with E-state index in [1.807, 2.05) is 37.5 Å². The lowest BCUT2D eigenvalue weighted by Crippen LogP contribution is -2.51. The van der Waals surface area contributed by atoms with Gasteiger partial charge in [-0.1, -0.05) is 5.57 Å². The van der Waals surface area contributed by atoms with Gasteiger partial charge in [0.2, 0.25) is 11.8 Å². The molecule has 5 heteroatoms. The first-order valence-electron chi connectivity index (χ1n) is 7.41. The van der Waals surface area contributed by atoms with Crippen LogP contribution < -0.4 is 0 Å². The summed E-state index contributed by atoms with van der Waals surface area (Å²) in [5.74, 6) is 0.263. The Labute approximate surface area is 122 Å². The molecule has 0 aromatic carbocycles. The van der Waals surface area contributed by atoms with E-state index >= 15 is 0 Å². The number of nitrogens with zero attached hydrogens (tertiary/aromatic N) is 3. The highest BCUT2D eigenvalue weighted by Gasteiger charge is 2.22. The van der Waals surface area contributed by atoms with Crippen LogP contribution in [0.4, 0.5) is 0 Å². The van der Waals surface area contributed by atoms with Gasteiger partial charge in [-0.2, -0.15) is 0 Å². The van der Waals surface area contributed by atoms with Crippen molar-refractivity contribution in [1.29, 1.82) is 0 Å². The number of hydrogen-bond donors (Lipinski definition) is 0. The third-order valence-electron chi connectivity index (χ3n) is 3.57. The summed E-state index contributed by atoms with van der Waals surface area (Å²) < 4.78 is 0. The first-order chi connectivity index (χ1) is 9.47. The van der Waals surface area contributed by atoms with Crippen molar-refractivity contribution in [2.45, 2.75) is 27.7 Å². The normalized spacial score (nSPS) is 15.9. The Balaban J connectivity index is 2.41. The Morgan fingerprint density at radius 3 is 2.05 bits per heavy atom. The molecular formula is C15H27N3O2. The molecule has 0 saturated carbocycles. The second kappa shape index (κ2) is 8.04. The highest BCUT2D eigenvalue weighted by molar-refractivity contribution is 5.88. The number of piperazine rings is 1. The zero-order valence-corrected chi connectivity index (χ0v) is 13.2. The van der Waals surface area contributed by atoms with Gasteiger partial charge >= 0.3 is 0 Å². The second-order valence-corrected chi connectivity index (χ2v) is 5.39. The fraction of sp³-hybridized carbons (Fsp3) is 0.733. The molecule has 1 rings (SSSR count). The van der Waals surface area contributed by atoms with E-state index in [4.69, 9.17) is 0 Å². The number of carbonyl (C=O) groups excluding carboxylic acids is 2. The van der Waals surface area contributed by atoms with Crippen molar-refractivity contribution in [3.05, 3.63) is 11.6 Å². The summed E-state index contributed by atoms with van der Waals surface area (Å²) in [6.07, 6.45) is 1.68. The van der Waals surface area contributed by atoms with E-state index in [1.165, 1.54) is 0 Å². The van der Waals surface area contributed by atoms with E-state index in [9.17, 15) is 9.59 Å². The Morgan fingerprint density at radius 2 is 1.60 bits per heavy atom. The molecule has 1 saturated heterocycles. The van der Waals surface area contributed by atoms with Crippen LogP contribution in [0.5, 0.6) is 0 Å². The van der Waals surface area contributed by atoms with E-state index < -0.39 is 0 Å². The Kier molecular flexibility index (Phi) is 6.71. The fourth-order valence-corrected chi connectivity index (χ4v) is 2.33. The number of hydrogen-bond acceptors (Lipinski definition) is 3. The molecule has 0 atom stereocenters. The second-order valence-electron chi connectivity index (χ2n) is 5.39. The topological polar surface area (TPSA) is 43.9 Å². The van der Waals surface area contributed by atoms with Gasteiger partial charge in [0.15, 0.2) is 0 Å². The highest BCUT2D eigenvalue weighted by atomic mass is 16.2. The van der Waals surface area contributed by atoms with Crippen LogP contribution >= 0.6 is 0 Å². The van der Waals surface area contributed by atoms with Crippen LogP contribution in [0.1, 0.15) is 27.7 Å². The van der Waals surface area contributed by atoms with Crippen LogP contribution in [0.3, 0.4) is 0 Å². The quantitative estimate of drug-likeness (QED) is 0.705. The predicted molar refractivity (Wildman–Crippen MR) is 80.4 cm³/mol. The van der Waals surface area contributed by atoms with E-state index in [2.05, 4.69) is 4.90 Å². The molecule has 0 aliphatic carbocycles. The van der Waals surface area contributed by atoms with Crippen LogP contribution in [0.2, 0.25) is 0 Å². The lowest BCUT2D eigenvalue weighted by atomic mass is 10.2. The molecule has 1 aliphatic heterocycles. The van der Waals surface area contributed by atoms with Crippen molar-refractivity contribution < 1.29 is 9.59 Å². The molecule has 2 amide bonds. The SMILES string of the molecule is CCN(CC)C(=O)CN1CCN(C(=O)C=C(C)C)CC1. The third-order valence-corrected chi connectivity index (χ3v) is 3.57. The maximum Gasteiger partial charge on any atom is 0.246 e. The average molecular weight is 281 g/mol.